The Morgan fingerprint density at radius 2 is 1.85 bits per heavy atom. The number of aromatic nitrogens is 3. The van der Waals surface area contributed by atoms with E-state index in [4.69, 9.17) is 52.1 Å². The number of carbonyl (C=O) groups is 1. The number of hydrogen-bond donors (Lipinski definition) is 1. The molecule has 2 aromatic heterocycles. The predicted octanol–water partition coefficient (Wildman–Crippen LogP) is 4.42. The van der Waals surface area contributed by atoms with Crippen LogP contribution in [-0.2, 0) is 14.3 Å². The number of ether oxygens (including phenoxy) is 4. The van der Waals surface area contributed by atoms with Crippen molar-refractivity contribution in [3.63, 3.8) is 0 Å². The van der Waals surface area contributed by atoms with Gasteiger partial charge < -0.3 is 29.2 Å². The molecule has 3 aromatic rings. The third-order valence-corrected chi connectivity index (χ3v) is 7.64. The fourth-order valence-electron chi connectivity index (χ4n) is 4.80. The van der Waals surface area contributed by atoms with Gasteiger partial charge in [-0.25, -0.2) is 15.0 Å². The zero-order chi connectivity index (χ0) is 27.5. The highest BCUT2D eigenvalue weighted by molar-refractivity contribution is 6.41. The number of benzene rings is 1. The molecule has 12 heteroatoms. The van der Waals surface area contributed by atoms with Crippen molar-refractivity contribution in [2.45, 2.75) is 12.5 Å². The average Bonchev–Trinajstić information content (AvgIpc) is 3.39. The van der Waals surface area contributed by atoms with E-state index < -0.39 is 0 Å². The van der Waals surface area contributed by atoms with Gasteiger partial charge in [-0.15, -0.1) is 0 Å². The molecule has 4 heterocycles. The maximum Gasteiger partial charge on any atom is 0.165 e. The van der Waals surface area contributed by atoms with Crippen LogP contribution in [0.2, 0.25) is 10.0 Å². The monoisotopic (exact) mass is 573 g/mol. The Morgan fingerprint density at radius 1 is 1.13 bits per heavy atom. The lowest BCUT2D eigenvalue weighted by molar-refractivity contribution is -0.115. The standard InChI is InChI=1S/C27H29Cl2N5O5/c1-4-16(35)9-15-13-39-14-19(15)31-22-10-17-18(12-30-22)32-26(33-27(17)34-5-7-38-8-6-34)23-24(28)20(36-2)11-21(37-3)25(23)29/h4,10-12,15,19H,1,5-9,13-14H2,2-3H3,(H,30,31)/t15-,19+/m0/s1. The van der Waals surface area contributed by atoms with Crippen LogP contribution in [0.3, 0.4) is 0 Å². The molecule has 2 saturated heterocycles. The zero-order valence-electron chi connectivity index (χ0n) is 21.7. The van der Waals surface area contributed by atoms with Gasteiger partial charge in [0, 0.05) is 36.9 Å². The van der Waals surface area contributed by atoms with Crippen molar-refractivity contribution in [1.29, 1.82) is 0 Å². The van der Waals surface area contributed by atoms with Crippen LogP contribution in [0, 0.1) is 5.92 Å². The number of pyridine rings is 1. The first-order valence-electron chi connectivity index (χ1n) is 12.5. The number of rotatable bonds is 9. The Bertz CT molecular complexity index is 1370. The Labute approximate surface area is 236 Å². The van der Waals surface area contributed by atoms with Gasteiger partial charge in [-0.3, -0.25) is 4.79 Å². The summed E-state index contributed by atoms with van der Waals surface area (Å²) >= 11 is 13.4. The lowest BCUT2D eigenvalue weighted by Crippen LogP contribution is -2.37. The highest BCUT2D eigenvalue weighted by Crippen LogP contribution is 2.45. The third-order valence-electron chi connectivity index (χ3n) is 6.89. The largest absolute Gasteiger partial charge is 0.495 e. The minimum Gasteiger partial charge on any atom is -0.495 e. The first-order valence-corrected chi connectivity index (χ1v) is 13.3. The second-order valence-electron chi connectivity index (χ2n) is 9.26. The van der Waals surface area contributed by atoms with Crippen molar-refractivity contribution >= 4 is 51.5 Å². The van der Waals surface area contributed by atoms with Crippen LogP contribution in [0.4, 0.5) is 11.6 Å². The third kappa shape index (κ3) is 5.60. The summed E-state index contributed by atoms with van der Waals surface area (Å²) in [5.41, 5.74) is 1.02. The van der Waals surface area contributed by atoms with Crippen LogP contribution < -0.4 is 19.7 Å². The van der Waals surface area contributed by atoms with Crippen molar-refractivity contribution in [1.82, 2.24) is 15.0 Å². The number of anilines is 2. The van der Waals surface area contributed by atoms with Crippen LogP contribution >= 0.6 is 23.2 Å². The fraction of sp³-hybridized carbons (Fsp3) is 0.407. The topological polar surface area (TPSA) is 108 Å². The van der Waals surface area contributed by atoms with E-state index in [9.17, 15) is 4.79 Å². The molecule has 0 spiro atoms. The Balaban J connectivity index is 1.59. The van der Waals surface area contributed by atoms with Gasteiger partial charge in [0.25, 0.3) is 0 Å². The van der Waals surface area contributed by atoms with E-state index in [1.54, 1.807) is 12.3 Å². The summed E-state index contributed by atoms with van der Waals surface area (Å²) < 4.78 is 22.1. The van der Waals surface area contributed by atoms with Crippen molar-refractivity contribution in [2.24, 2.45) is 5.92 Å². The van der Waals surface area contributed by atoms with Crippen molar-refractivity contribution < 1.29 is 23.7 Å². The summed E-state index contributed by atoms with van der Waals surface area (Å²) in [7, 11) is 3.04. The minimum absolute atomic E-state index is 0.00852. The van der Waals surface area contributed by atoms with Crippen molar-refractivity contribution in [3.05, 3.63) is 41.0 Å². The summed E-state index contributed by atoms with van der Waals surface area (Å²) in [6, 6.07) is 3.48. The van der Waals surface area contributed by atoms with Gasteiger partial charge in [0.05, 0.1) is 74.0 Å². The van der Waals surface area contributed by atoms with E-state index in [-0.39, 0.29) is 27.8 Å². The van der Waals surface area contributed by atoms with E-state index in [1.807, 2.05) is 6.07 Å². The van der Waals surface area contributed by atoms with Gasteiger partial charge in [0.2, 0.25) is 0 Å². The number of methoxy groups -OCH3 is 2. The quantitative estimate of drug-likeness (QED) is 0.369. The van der Waals surface area contributed by atoms with E-state index >= 15 is 0 Å². The highest BCUT2D eigenvalue weighted by atomic mass is 35.5. The number of allylic oxidation sites excluding steroid dienone is 1. The molecule has 0 unspecified atom stereocenters. The van der Waals surface area contributed by atoms with Crippen LogP contribution in [0.5, 0.6) is 11.5 Å². The molecule has 5 rings (SSSR count). The van der Waals surface area contributed by atoms with Crippen molar-refractivity contribution in [2.75, 3.05) is 64.0 Å². The molecule has 10 nitrogen and oxygen atoms in total. The minimum atomic E-state index is -0.0623. The molecule has 0 radical (unpaired) electrons. The van der Waals surface area contributed by atoms with Gasteiger partial charge in [0.15, 0.2) is 11.6 Å². The zero-order valence-corrected chi connectivity index (χ0v) is 23.2. The smallest absolute Gasteiger partial charge is 0.165 e. The fourth-order valence-corrected chi connectivity index (χ4v) is 5.47. The summed E-state index contributed by atoms with van der Waals surface area (Å²) in [5, 5.41) is 4.81. The molecule has 0 amide bonds. The molecule has 39 heavy (non-hydrogen) atoms. The van der Waals surface area contributed by atoms with E-state index in [1.165, 1.54) is 20.3 Å². The van der Waals surface area contributed by atoms with E-state index in [0.717, 1.165) is 5.39 Å². The van der Waals surface area contributed by atoms with Gasteiger partial charge in [-0.05, 0) is 12.1 Å². The number of nitrogens with zero attached hydrogens (tertiary/aromatic N) is 4. The van der Waals surface area contributed by atoms with Crippen LogP contribution in [0.15, 0.2) is 31.0 Å². The summed E-state index contributed by atoms with van der Waals surface area (Å²) in [5.74, 6) is 2.48. The van der Waals surface area contributed by atoms with Crippen LogP contribution in [0.25, 0.3) is 22.3 Å². The van der Waals surface area contributed by atoms with E-state index in [2.05, 4.69) is 21.8 Å². The van der Waals surface area contributed by atoms with Crippen LogP contribution in [-0.4, -0.2) is 80.5 Å². The molecule has 206 valence electrons. The normalized spacial score (nSPS) is 19.2. The van der Waals surface area contributed by atoms with Crippen LogP contribution in [0.1, 0.15) is 6.42 Å². The number of halogens is 2. The Kier molecular flexibility index (Phi) is 8.37. The second-order valence-corrected chi connectivity index (χ2v) is 10.0. The number of hydrogen-bond acceptors (Lipinski definition) is 10. The summed E-state index contributed by atoms with van der Waals surface area (Å²) in [6.07, 6.45) is 3.40. The lowest BCUT2D eigenvalue weighted by Gasteiger charge is -2.29. The maximum absolute atomic E-state index is 12.0. The number of morpholine rings is 1. The SMILES string of the molecule is C=CC(=O)C[C@H]1COC[C@H]1Nc1cc2c(N3CCOCC3)nc(-c3c(Cl)c(OC)cc(OC)c3Cl)nc2cn1. The Hall–Kier alpha value is -3.18. The first-order chi connectivity index (χ1) is 18.9. The molecule has 2 atom stereocenters. The molecule has 1 N–H and O–H groups in total. The molecule has 0 bridgehead atoms. The highest BCUT2D eigenvalue weighted by Gasteiger charge is 2.30. The second kappa shape index (κ2) is 11.9. The number of fused-ring (bicyclic) bond motifs is 1. The van der Waals surface area contributed by atoms with Gasteiger partial charge >= 0.3 is 0 Å². The Morgan fingerprint density at radius 3 is 2.51 bits per heavy atom. The predicted molar refractivity (Wildman–Crippen MR) is 150 cm³/mol. The average molecular weight is 574 g/mol. The number of ketones is 1. The van der Waals surface area contributed by atoms with Gasteiger partial charge in [0.1, 0.15) is 23.1 Å². The summed E-state index contributed by atoms with van der Waals surface area (Å²) in [4.78, 5) is 28.5. The molecular formula is C27H29Cl2N5O5. The number of carbonyl (C=O) groups excluding carboxylic acids is 1. The molecule has 2 aliphatic heterocycles. The lowest BCUT2D eigenvalue weighted by atomic mass is 9.97. The molecule has 2 aliphatic rings. The number of nitrogens with one attached hydrogen (secondary N) is 1. The maximum atomic E-state index is 12.0. The molecule has 2 fully saturated rings. The summed E-state index contributed by atoms with van der Waals surface area (Å²) in [6.45, 7) is 7.02. The van der Waals surface area contributed by atoms with Crippen molar-refractivity contribution in [3.8, 4) is 22.9 Å². The molecule has 1 aromatic carbocycles. The molecule has 0 saturated carbocycles. The first kappa shape index (κ1) is 27.4. The van der Waals surface area contributed by atoms with Gasteiger partial charge in [-0.2, -0.15) is 0 Å². The van der Waals surface area contributed by atoms with E-state index in [0.29, 0.717) is 86.0 Å². The van der Waals surface area contributed by atoms with Gasteiger partial charge in [-0.1, -0.05) is 29.8 Å². The molecular weight excluding hydrogens is 545 g/mol. The molecule has 0 aliphatic carbocycles.